The summed E-state index contributed by atoms with van der Waals surface area (Å²) in [6.45, 7) is 3.44. The number of rotatable bonds is 3. The van der Waals surface area contributed by atoms with E-state index >= 15 is 0 Å². The molecular formula is C10H10ClF. The summed E-state index contributed by atoms with van der Waals surface area (Å²) in [6.07, 6.45) is 0.240. The summed E-state index contributed by atoms with van der Waals surface area (Å²) in [5, 5.41) is -0.646. The van der Waals surface area contributed by atoms with Crippen molar-refractivity contribution in [3.8, 4) is 0 Å². The van der Waals surface area contributed by atoms with Crippen molar-refractivity contribution in [3.63, 3.8) is 0 Å². The van der Waals surface area contributed by atoms with Gasteiger partial charge in [-0.15, -0.1) is 18.2 Å². The first kappa shape index (κ1) is 9.27. The van der Waals surface area contributed by atoms with Gasteiger partial charge in [0.15, 0.2) is 0 Å². The average molecular weight is 185 g/mol. The molecule has 0 saturated carbocycles. The van der Waals surface area contributed by atoms with Gasteiger partial charge in [-0.2, -0.15) is 0 Å². The third kappa shape index (κ3) is 2.08. The van der Waals surface area contributed by atoms with Crippen LogP contribution in [0.5, 0.6) is 0 Å². The normalized spacial score (nSPS) is 15.2. The summed E-state index contributed by atoms with van der Waals surface area (Å²) in [6, 6.07) is 8.84. The van der Waals surface area contributed by atoms with E-state index in [1.54, 1.807) is 24.3 Å². The molecule has 0 nitrogen and oxygen atoms in total. The molecule has 2 unspecified atom stereocenters. The molecule has 0 radical (unpaired) electrons. The van der Waals surface area contributed by atoms with Crippen LogP contribution in [0.1, 0.15) is 11.7 Å². The number of hydrogen-bond acceptors (Lipinski definition) is 0. The highest BCUT2D eigenvalue weighted by Gasteiger charge is 2.16. The van der Waals surface area contributed by atoms with Gasteiger partial charge in [-0.1, -0.05) is 36.4 Å². The molecule has 12 heavy (non-hydrogen) atoms. The fourth-order valence-electron chi connectivity index (χ4n) is 0.940. The SMILES string of the molecule is C=CC(Cl)C(F)c1ccccc1. The molecule has 0 amide bonds. The molecule has 0 bridgehead atoms. The van der Waals surface area contributed by atoms with Crippen molar-refractivity contribution in [2.75, 3.05) is 0 Å². The second kappa shape index (κ2) is 4.27. The number of benzene rings is 1. The third-order valence-corrected chi connectivity index (χ3v) is 2.02. The molecule has 0 heterocycles. The Morgan fingerprint density at radius 1 is 1.33 bits per heavy atom. The Bertz CT molecular complexity index is 245. The maximum absolute atomic E-state index is 13.3. The molecule has 0 aromatic heterocycles. The molecule has 2 atom stereocenters. The molecule has 1 aromatic rings. The monoisotopic (exact) mass is 184 g/mol. The van der Waals surface area contributed by atoms with Crippen molar-refractivity contribution in [2.24, 2.45) is 0 Å². The van der Waals surface area contributed by atoms with Gasteiger partial charge >= 0.3 is 0 Å². The highest BCUT2D eigenvalue weighted by Crippen LogP contribution is 2.25. The lowest BCUT2D eigenvalue weighted by Crippen LogP contribution is -2.04. The Balaban J connectivity index is 2.78. The van der Waals surface area contributed by atoms with Gasteiger partial charge < -0.3 is 0 Å². The Hall–Kier alpha value is -0.820. The molecule has 0 aliphatic carbocycles. The predicted molar refractivity (Wildman–Crippen MR) is 50.1 cm³/mol. The molecule has 0 aliphatic rings. The van der Waals surface area contributed by atoms with Gasteiger partial charge in [0.05, 0.1) is 5.38 Å². The minimum Gasteiger partial charge on any atom is -0.240 e. The quantitative estimate of drug-likeness (QED) is 0.498. The zero-order valence-corrected chi connectivity index (χ0v) is 7.34. The van der Waals surface area contributed by atoms with E-state index in [2.05, 4.69) is 6.58 Å². The lowest BCUT2D eigenvalue weighted by molar-refractivity contribution is 0.352. The van der Waals surface area contributed by atoms with Crippen LogP contribution in [0.25, 0.3) is 0 Å². The van der Waals surface area contributed by atoms with Crippen molar-refractivity contribution in [3.05, 3.63) is 48.6 Å². The van der Waals surface area contributed by atoms with Crippen LogP contribution in [0, 0.1) is 0 Å². The van der Waals surface area contributed by atoms with Gasteiger partial charge in [-0.25, -0.2) is 4.39 Å². The molecule has 64 valence electrons. The minimum absolute atomic E-state index is 0.595. The maximum atomic E-state index is 13.3. The Morgan fingerprint density at radius 2 is 1.92 bits per heavy atom. The van der Waals surface area contributed by atoms with Gasteiger partial charge in [0.25, 0.3) is 0 Å². The molecule has 0 fully saturated rings. The first-order chi connectivity index (χ1) is 5.75. The number of alkyl halides is 2. The van der Waals surface area contributed by atoms with Crippen LogP contribution >= 0.6 is 11.6 Å². The first-order valence-corrected chi connectivity index (χ1v) is 4.15. The highest BCUT2D eigenvalue weighted by atomic mass is 35.5. The minimum atomic E-state index is -1.16. The zero-order chi connectivity index (χ0) is 8.97. The number of halogens is 2. The lowest BCUT2D eigenvalue weighted by Gasteiger charge is -2.10. The number of hydrogen-bond donors (Lipinski definition) is 0. The van der Waals surface area contributed by atoms with E-state index < -0.39 is 11.5 Å². The van der Waals surface area contributed by atoms with E-state index in [0.29, 0.717) is 5.56 Å². The predicted octanol–water partition coefficient (Wildman–Crippen LogP) is 3.49. The molecule has 0 N–H and O–H groups in total. The number of allylic oxidation sites excluding steroid dienone is 1. The van der Waals surface area contributed by atoms with Crippen molar-refractivity contribution in [2.45, 2.75) is 11.5 Å². The molecule has 0 spiro atoms. The summed E-state index contributed by atoms with van der Waals surface area (Å²) in [5.41, 5.74) is 0.595. The Kier molecular flexibility index (Phi) is 3.30. The Labute approximate surface area is 76.7 Å². The third-order valence-electron chi connectivity index (χ3n) is 1.62. The van der Waals surface area contributed by atoms with Crippen LogP contribution in [-0.4, -0.2) is 5.38 Å². The second-order valence-electron chi connectivity index (χ2n) is 2.49. The van der Waals surface area contributed by atoms with Crippen LogP contribution in [-0.2, 0) is 0 Å². The van der Waals surface area contributed by atoms with E-state index in [1.807, 2.05) is 6.07 Å². The maximum Gasteiger partial charge on any atom is 0.145 e. The zero-order valence-electron chi connectivity index (χ0n) is 6.58. The van der Waals surface area contributed by atoms with E-state index in [-0.39, 0.29) is 0 Å². The van der Waals surface area contributed by atoms with Crippen LogP contribution < -0.4 is 0 Å². The van der Waals surface area contributed by atoms with Crippen LogP contribution in [0.4, 0.5) is 4.39 Å². The van der Waals surface area contributed by atoms with Gasteiger partial charge in [0, 0.05) is 0 Å². The molecular weight excluding hydrogens is 175 g/mol. The van der Waals surface area contributed by atoms with E-state index in [4.69, 9.17) is 11.6 Å². The van der Waals surface area contributed by atoms with Gasteiger partial charge in [-0.3, -0.25) is 0 Å². The Morgan fingerprint density at radius 3 is 2.42 bits per heavy atom. The van der Waals surface area contributed by atoms with Crippen molar-refractivity contribution >= 4 is 11.6 Å². The summed E-state index contributed by atoms with van der Waals surface area (Å²) >= 11 is 5.66. The van der Waals surface area contributed by atoms with E-state index in [0.717, 1.165) is 0 Å². The van der Waals surface area contributed by atoms with Crippen molar-refractivity contribution in [1.29, 1.82) is 0 Å². The van der Waals surface area contributed by atoms with Gasteiger partial charge in [0.1, 0.15) is 6.17 Å². The van der Waals surface area contributed by atoms with Gasteiger partial charge in [-0.05, 0) is 5.56 Å². The topological polar surface area (TPSA) is 0 Å². The molecule has 1 aromatic carbocycles. The van der Waals surface area contributed by atoms with Crippen molar-refractivity contribution < 1.29 is 4.39 Å². The summed E-state index contributed by atoms with van der Waals surface area (Å²) in [5.74, 6) is 0. The molecule has 1 rings (SSSR count). The van der Waals surface area contributed by atoms with Crippen LogP contribution in [0.2, 0.25) is 0 Å². The smallest absolute Gasteiger partial charge is 0.145 e. The van der Waals surface area contributed by atoms with Gasteiger partial charge in [0.2, 0.25) is 0 Å². The van der Waals surface area contributed by atoms with Crippen LogP contribution in [0.3, 0.4) is 0 Å². The highest BCUT2D eigenvalue weighted by molar-refractivity contribution is 6.22. The van der Waals surface area contributed by atoms with E-state index in [1.165, 1.54) is 6.08 Å². The molecule has 0 aliphatic heterocycles. The second-order valence-corrected chi connectivity index (χ2v) is 3.00. The summed E-state index contributed by atoms with van der Waals surface area (Å²) < 4.78 is 13.3. The average Bonchev–Trinajstić information content (AvgIpc) is 2.17. The fraction of sp³-hybridized carbons (Fsp3) is 0.200. The first-order valence-electron chi connectivity index (χ1n) is 3.71. The lowest BCUT2D eigenvalue weighted by atomic mass is 10.1. The molecule has 0 saturated heterocycles. The fourth-order valence-corrected chi connectivity index (χ4v) is 1.09. The molecule has 2 heteroatoms. The van der Waals surface area contributed by atoms with Crippen LogP contribution in [0.15, 0.2) is 43.0 Å². The summed E-state index contributed by atoms with van der Waals surface area (Å²) in [4.78, 5) is 0. The largest absolute Gasteiger partial charge is 0.240 e. The summed E-state index contributed by atoms with van der Waals surface area (Å²) in [7, 11) is 0. The van der Waals surface area contributed by atoms with E-state index in [9.17, 15) is 4.39 Å². The van der Waals surface area contributed by atoms with Crippen molar-refractivity contribution in [1.82, 2.24) is 0 Å². The standard InChI is InChI=1S/C10H10ClF/c1-2-9(11)10(12)8-6-4-3-5-7-8/h2-7,9-10H,1H2.